The van der Waals surface area contributed by atoms with Crippen LogP contribution in [-0.2, 0) is 0 Å². The van der Waals surface area contributed by atoms with Gasteiger partial charge in [-0.3, -0.25) is 0 Å². The van der Waals surface area contributed by atoms with Crippen molar-refractivity contribution in [2.24, 2.45) is 0 Å². The second kappa shape index (κ2) is 2.65. The molecule has 1 heteroatoms. The van der Waals surface area contributed by atoms with Gasteiger partial charge in [-0.2, -0.15) is 0 Å². The molecule has 0 radical (unpaired) electrons. The highest BCUT2D eigenvalue weighted by Crippen LogP contribution is 2.31. The van der Waals surface area contributed by atoms with Crippen LogP contribution in [-0.4, -0.2) is 6.17 Å². The number of alkyl halides is 1. The zero-order valence-electron chi connectivity index (χ0n) is 6.39. The molecule has 0 aromatic heterocycles. The van der Waals surface area contributed by atoms with Crippen LogP contribution in [0.15, 0.2) is 35.5 Å². The monoisotopic (exact) mass is 150 g/mol. The molecule has 11 heavy (non-hydrogen) atoms. The lowest BCUT2D eigenvalue weighted by molar-refractivity contribution is 0.313. The van der Waals surface area contributed by atoms with Crippen LogP contribution >= 0.6 is 0 Å². The van der Waals surface area contributed by atoms with Crippen molar-refractivity contribution in [2.45, 2.75) is 25.4 Å². The Bertz CT molecular complexity index is 222. The minimum absolute atomic E-state index is 0.638. The van der Waals surface area contributed by atoms with Crippen molar-refractivity contribution in [3.8, 4) is 0 Å². The number of allylic oxidation sites excluding steroid dienone is 6. The van der Waals surface area contributed by atoms with E-state index >= 15 is 0 Å². The zero-order chi connectivity index (χ0) is 7.68. The van der Waals surface area contributed by atoms with E-state index in [2.05, 4.69) is 0 Å². The summed E-state index contributed by atoms with van der Waals surface area (Å²) in [6.45, 7) is 0. The highest BCUT2D eigenvalue weighted by Gasteiger charge is 2.19. The van der Waals surface area contributed by atoms with Crippen LogP contribution in [0.4, 0.5) is 4.39 Å². The Labute approximate surface area is 66.1 Å². The Balaban J connectivity index is 2.29. The van der Waals surface area contributed by atoms with Gasteiger partial charge in [0.1, 0.15) is 6.17 Å². The van der Waals surface area contributed by atoms with Gasteiger partial charge in [0, 0.05) is 12.8 Å². The molecule has 0 atom stereocenters. The van der Waals surface area contributed by atoms with Gasteiger partial charge in [-0.05, 0) is 6.42 Å². The fourth-order valence-electron chi connectivity index (χ4n) is 1.71. The second-order valence-corrected chi connectivity index (χ2v) is 3.22. The molecule has 2 aliphatic carbocycles. The van der Waals surface area contributed by atoms with Gasteiger partial charge in [0.15, 0.2) is 0 Å². The maximum absolute atomic E-state index is 13.0. The third kappa shape index (κ3) is 1.42. The lowest BCUT2D eigenvalue weighted by Crippen LogP contribution is -2.10. The van der Waals surface area contributed by atoms with Crippen LogP contribution in [0.5, 0.6) is 0 Å². The Morgan fingerprint density at radius 1 is 1.09 bits per heavy atom. The molecule has 1 fully saturated rings. The molecule has 58 valence electrons. The van der Waals surface area contributed by atoms with Crippen molar-refractivity contribution < 1.29 is 4.39 Å². The fourth-order valence-corrected chi connectivity index (χ4v) is 1.71. The van der Waals surface area contributed by atoms with Crippen LogP contribution in [0, 0.1) is 0 Å². The normalized spacial score (nSPS) is 24.1. The van der Waals surface area contributed by atoms with Crippen molar-refractivity contribution >= 4 is 0 Å². The van der Waals surface area contributed by atoms with Crippen molar-refractivity contribution in [3.05, 3.63) is 35.5 Å². The predicted molar refractivity (Wildman–Crippen MR) is 44.1 cm³/mol. The second-order valence-electron chi connectivity index (χ2n) is 3.22. The van der Waals surface area contributed by atoms with E-state index in [4.69, 9.17) is 0 Å². The molecule has 2 aliphatic rings. The van der Waals surface area contributed by atoms with E-state index in [9.17, 15) is 4.39 Å². The van der Waals surface area contributed by atoms with Gasteiger partial charge in [-0.25, -0.2) is 4.39 Å². The first-order valence-electron chi connectivity index (χ1n) is 4.03. The third-order valence-corrected chi connectivity index (χ3v) is 2.20. The van der Waals surface area contributed by atoms with E-state index in [1.807, 2.05) is 24.3 Å². The average molecular weight is 150 g/mol. The summed E-state index contributed by atoms with van der Waals surface area (Å²) in [6, 6.07) is 0. The van der Waals surface area contributed by atoms with Crippen LogP contribution in [0.3, 0.4) is 0 Å². The first-order chi connectivity index (χ1) is 5.34. The Morgan fingerprint density at radius 2 is 1.64 bits per heavy atom. The summed E-state index contributed by atoms with van der Waals surface area (Å²) >= 11 is 0. The van der Waals surface area contributed by atoms with E-state index in [0.29, 0.717) is 12.8 Å². The maximum atomic E-state index is 13.0. The molecular formula is C10H11F. The summed E-state index contributed by atoms with van der Waals surface area (Å²) in [5.41, 5.74) is 2.48. The summed E-state index contributed by atoms with van der Waals surface area (Å²) < 4.78 is 13.0. The van der Waals surface area contributed by atoms with Gasteiger partial charge >= 0.3 is 0 Å². The summed E-state index contributed by atoms with van der Waals surface area (Å²) in [5.74, 6) is 0. The predicted octanol–water partition coefficient (Wildman–Crippen LogP) is 2.93. The Morgan fingerprint density at radius 3 is 2.18 bits per heavy atom. The first-order valence-corrected chi connectivity index (χ1v) is 4.03. The molecule has 0 unspecified atom stereocenters. The number of hydrogen-bond acceptors (Lipinski definition) is 0. The topological polar surface area (TPSA) is 0 Å². The smallest absolute Gasteiger partial charge is 0.108 e. The van der Waals surface area contributed by atoms with Crippen molar-refractivity contribution in [2.75, 3.05) is 0 Å². The molecule has 0 nitrogen and oxygen atoms in total. The van der Waals surface area contributed by atoms with E-state index in [1.54, 1.807) is 0 Å². The average Bonchev–Trinajstić information content (AvgIpc) is 2.11. The molecule has 0 N–H and O–H groups in total. The van der Waals surface area contributed by atoms with Gasteiger partial charge in [0.25, 0.3) is 0 Å². The summed E-state index contributed by atoms with van der Waals surface area (Å²) in [6.07, 6.45) is 9.71. The molecule has 0 spiro atoms. The van der Waals surface area contributed by atoms with E-state index in [-0.39, 0.29) is 0 Å². The molecule has 2 bridgehead atoms. The largest absolute Gasteiger partial charge is 0.247 e. The highest BCUT2D eigenvalue weighted by molar-refractivity contribution is 5.32. The molecule has 0 aromatic carbocycles. The van der Waals surface area contributed by atoms with Crippen molar-refractivity contribution in [1.29, 1.82) is 0 Å². The van der Waals surface area contributed by atoms with E-state index < -0.39 is 6.17 Å². The fraction of sp³-hybridized carbons (Fsp3) is 0.400. The highest BCUT2D eigenvalue weighted by atomic mass is 19.1. The van der Waals surface area contributed by atoms with E-state index in [0.717, 1.165) is 6.42 Å². The van der Waals surface area contributed by atoms with Crippen LogP contribution < -0.4 is 0 Å². The number of hydrogen-bond donors (Lipinski definition) is 0. The third-order valence-electron chi connectivity index (χ3n) is 2.20. The van der Waals surface area contributed by atoms with E-state index in [1.165, 1.54) is 11.1 Å². The molecule has 2 rings (SSSR count). The van der Waals surface area contributed by atoms with Crippen molar-refractivity contribution in [1.82, 2.24) is 0 Å². The molecule has 0 aromatic rings. The maximum Gasteiger partial charge on any atom is 0.108 e. The number of rotatable bonds is 0. The molecule has 0 saturated heterocycles. The minimum Gasteiger partial charge on any atom is -0.247 e. The Kier molecular flexibility index (Phi) is 1.65. The van der Waals surface area contributed by atoms with Crippen LogP contribution in [0.1, 0.15) is 19.3 Å². The van der Waals surface area contributed by atoms with Crippen LogP contribution in [0.2, 0.25) is 0 Å². The van der Waals surface area contributed by atoms with Gasteiger partial charge in [0.05, 0.1) is 0 Å². The molecule has 1 saturated carbocycles. The van der Waals surface area contributed by atoms with Gasteiger partial charge < -0.3 is 0 Å². The first kappa shape index (κ1) is 6.84. The van der Waals surface area contributed by atoms with Gasteiger partial charge in [0.2, 0.25) is 0 Å². The Hall–Kier alpha value is -0.850. The summed E-state index contributed by atoms with van der Waals surface area (Å²) in [7, 11) is 0. The molecule has 0 aliphatic heterocycles. The summed E-state index contributed by atoms with van der Waals surface area (Å²) in [5, 5.41) is 0. The standard InChI is InChI=1S/C10H11F/c11-10-6-8-3-1-2-4-9(5-8)7-10/h1-4,10H,5-7H2. The minimum atomic E-state index is -0.638. The molecule has 0 heterocycles. The number of halogens is 1. The lowest BCUT2D eigenvalue weighted by Gasteiger charge is -2.19. The van der Waals surface area contributed by atoms with Gasteiger partial charge in [-0.1, -0.05) is 35.5 Å². The SMILES string of the molecule is FC1CC2=CC=CC=C(C2)C1. The quantitative estimate of drug-likeness (QED) is 0.498. The zero-order valence-corrected chi connectivity index (χ0v) is 6.39. The van der Waals surface area contributed by atoms with Gasteiger partial charge in [-0.15, -0.1) is 0 Å². The number of fused-ring (bicyclic) bond motifs is 2. The lowest BCUT2D eigenvalue weighted by atomic mass is 9.89. The summed E-state index contributed by atoms with van der Waals surface area (Å²) in [4.78, 5) is 0. The molecular weight excluding hydrogens is 139 g/mol. The van der Waals surface area contributed by atoms with Crippen molar-refractivity contribution in [3.63, 3.8) is 0 Å². The van der Waals surface area contributed by atoms with Crippen LogP contribution in [0.25, 0.3) is 0 Å². The molecule has 0 amide bonds.